The molecule has 42 heavy (non-hydrogen) atoms. The number of nitriles is 1. The molecule has 0 saturated carbocycles. The van der Waals surface area contributed by atoms with Crippen LogP contribution in [0.25, 0.3) is 0 Å². The lowest BCUT2D eigenvalue weighted by Gasteiger charge is -2.35. The standard InChI is InChI=1S/C27H21ClF5N5O4/c1-26(29,30)20-10-17(38(37-24(20)39)13-14-3-5-18(41-2)6-4-14)11-21-35-23(27(31,32)33)22(25(40)36-21)42-19-8-15(12-34)7-16(28)9-19/h3-10,20H,11,13H2,1-2H3,(H,37,39)(H,35,36,40). The van der Waals surface area contributed by atoms with Crippen LogP contribution in [0.2, 0.25) is 5.02 Å². The Morgan fingerprint density at radius 2 is 1.79 bits per heavy atom. The Hall–Kier alpha value is -4.64. The molecule has 2 N–H and O–H groups in total. The predicted octanol–water partition coefficient (Wildman–Crippen LogP) is 5.36. The van der Waals surface area contributed by atoms with Crippen LogP contribution in [0.3, 0.4) is 0 Å². The molecule has 15 heteroatoms. The summed E-state index contributed by atoms with van der Waals surface area (Å²) in [4.78, 5) is 31.1. The van der Waals surface area contributed by atoms with E-state index < -0.39 is 53.2 Å². The predicted molar refractivity (Wildman–Crippen MR) is 139 cm³/mol. The van der Waals surface area contributed by atoms with Gasteiger partial charge in [0.15, 0.2) is 5.69 Å². The summed E-state index contributed by atoms with van der Waals surface area (Å²) in [6.07, 6.45) is -4.82. The highest BCUT2D eigenvalue weighted by atomic mass is 35.5. The Balaban J connectivity index is 1.73. The van der Waals surface area contributed by atoms with Crippen LogP contribution in [0.15, 0.2) is 59.0 Å². The number of halogens is 6. The number of nitrogens with zero attached hydrogens (tertiary/aromatic N) is 3. The number of nitrogens with one attached hydrogen (secondary N) is 2. The van der Waals surface area contributed by atoms with Gasteiger partial charge in [0, 0.05) is 24.1 Å². The minimum Gasteiger partial charge on any atom is -0.497 e. The topological polar surface area (TPSA) is 120 Å². The van der Waals surface area contributed by atoms with Crippen molar-refractivity contribution in [2.24, 2.45) is 5.92 Å². The van der Waals surface area contributed by atoms with Crippen LogP contribution < -0.4 is 20.5 Å². The molecule has 9 nitrogen and oxygen atoms in total. The number of aromatic nitrogens is 2. The van der Waals surface area contributed by atoms with E-state index >= 15 is 0 Å². The lowest BCUT2D eigenvalue weighted by Crippen LogP contribution is -2.51. The molecule has 1 amide bonds. The molecule has 0 radical (unpaired) electrons. The highest BCUT2D eigenvalue weighted by Gasteiger charge is 2.43. The van der Waals surface area contributed by atoms with Crippen molar-refractivity contribution in [2.75, 3.05) is 7.11 Å². The van der Waals surface area contributed by atoms with E-state index in [0.717, 1.165) is 18.2 Å². The number of alkyl halides is 5. The van der Waals surface area contributed by atoms with Crippen molar-refractivity contribution in [2.45, 2.75) is 32.0 Å². The van der Waals surface area contributed by atoms with E-state index in [2.05, 4.69) is 15.4 Å². The van der Waals surface area contributed by atoms with Gasteiger partial charge in [-0.3, -0.25) is 20.0 Å². The number of amides is 1. The fraction of sp³-hybridized carbons (Fsp3) is 0.259. The van der Waals surface area contributed by atoms with E-state index in [0.29, 0.717) is 18.2 Å². The zero-order valence-corrected chi connectivity index (χ0v) is 22.6. The average molecular weight is 610 g/mol. The number of allylic oxidation sites excluding steroid dienone is 1. The van der Waals surface area contributed by atoms with E-state index in [9.17, 15) is 31.5 Å². The van der Waals surface area contributed by atoms with Gasteiger partial charge in [-0.15, -0.1) is 0 Å². The fourth-order valence-electron chi connectivity index (χ4n) is 4.07. The quantitative estimate of drug-likeness (QED) is 0.330. The monoisotopic (exact) mass is 609 g/mol. The van der Waals surface area contributed by atoms with Crippen LogP contribution in [0.1, 0.15) is 29.6 Å². The van der Waals surface area contributed by atoms with Crippen LogP contribution >= 0.6 is 11.6 Å². The summed E-state index contributed by atoms with van der Waals surface area (Å²) in [6.45, 7) is 0.475. The molecular weight excluding hydrogens is 589 g/mol. The number of benzene rings is 2. The van der Waals surface area contributed by atoms with Gasteiger partial charge in [-0.2, -0.15) is 18.4 Å². The first-order valence-electron chi connectivity index (χ1n) is 12.1. The van der Waals surface area contributed by atoms with Crippen LogP contribution in [0.5, 0.6) is 17.2 Å². The van der Waals surface area contributed by atoms with Gasteiger partial charge in [-0.1, -0.05) is 23.7 Å². The van der Waals surface area contributed by atoms with Crippen molar-refractivity contribution in [1.29, 1.82) is 5.26 Å². The van der Waals surface area contributed by atoms with Gasteiger partial charge in [0.05, 0.1) is 25.3 Å². The van der Waals surface area contributed by atoms with Crippen LogP contribution in [0.4, 0.5) is 22.0 Å². The van der Waals surface area contributed by atoms with Crippen molar-refractivity contribution in [3.8, 4) is 23.3 Å². The molecular formula is C27H21ClF5N5O4. The molecule has 220 valence electrons. The molecule has 0 bridgehead atoms. The number of hydrazine groups is 1. The van der Waals surface area contributed by atoms with E-state index in [1.165, 1.54) is 18.2 Å². The van der Waals surface area contributed by atoms with Crippen LogP contribution in [-0.2, 0) is 23.9 Å². The van der Waals surface area contributed by atoms with Gasteiger partial charge in [0.25, 0.3) is 17.4 Å². The summed E-state index contributed by atoms with van der Waals surface area (Å²) in [7, 11) is 1.46. The molecule has 1 aromatic heterocycles. The van der Waals surface area contributed by atoms with Gasteiger partial charge >= 0.3 is 6.18 Å². The smallest absolute Gasteiger partial charge is 0.437 e. The third kappa shape index (κ3) is 6.98. The van der Waals surface area contributed by atoms with Gasteiger partial charge in [0.2, 0.25) is 5.75 Å². The molecule has 0 fully saturated rings. The van der Waals surface area contributed by atoms with E-state index in [4.69, 9.17) is 26.3 Å². The Labute approximate surface area is 240 Å². The van der Waals surface area contributed by atoms with Crippen LogP contribution in [0, 0.1) is 17.2 Å². The SMILES string of the molecule is COc1ccc(CN2NC(=O)C(C(C)(F)F)C=C2Cc2nc(C(F)(F)F)c(Oc3cc(Cl)cc(C#N)c3)c(=O)[nH]2)cc1. The summed E-state index contributed by atoms with van der Waals surface area (Å²) in [6, 6.07) is 11.7. The lowest BCUT2D eigenvalue weighted by atomic mass is 9.97. The van der Waals surface area contributed by atoms with Gasteiger partial charge < -0.3 is 14.5 Å². The molecule has 0 aliphatic carbocycles. The molecule has 1 aliphatic rings. The first-order chi connectivity index (χ1) is 19.7. The first-order valence-corrected chi connectivity index (χ1v) is 12.4. The Kier molecular flexibility index (Phi) is 8.44. The molecule has 1 aliphatic heterocycles. The molecule has 2 heterocycles. The summed E-state index contributed by atoms with van der Waals surface area (Å²) >= 11 is 5.88. The van der Waals surface area contributed by atoms with Gasteiger partial charge in [-0.25, -0.2) is 13.8 Å². The van der Waals surface area contributed by atoms with Gasteiger partial charge in [0.1, 0.15) is 23.2 Å². The normalized spacial score (nSPS) is 15.5. The van der Waals surface area contributed by atoms with Crippen molar-refractivity contribution in [1.82, 2.24) is 20.4 Å². The van der Waals surface area contributed by atoms with Crippen molar-refractivity contribution >= 4 is 17.5 Å². The minimum absolute atomic E-state index is 0.0240. The molecule has 0 saturated heterocycles. The van der Waals surface area contributed by atoms with Crippen molar-refractivity contribution in [3.63, 3.8) is 0 Å². The maximum Gasteiger partial charge on any atom is 0.437 e. The summed E-state index contributed by atoms with van der Waals surface area (Å²) in [5.41, 5.74) is -0.150. The number of aromatic amines is 1. The number of methoxy groups -OCH3 is 1. The maximum absolute atomic E-state index is 14.2. The first kappa shape index (κ1) is 30.3. The maximum atomic E-state index is 14.2. The second-order valence-electron chi connectivity index (χ2n) is 9.26. The molecule has 1 unspecified atom stereocenters. The van der Waals surface area contributed by atoms with Gasteiger partial charge in [-0.05, 0) is 42.0 Å². The average Bonchev–Trinajstić information content (AvgIpc) is 2.90. The number of carbonyl (C=O) groups is 1. The number of hydrogen-bond acceptors (Lipinski definition) is 7. The van der Waals surface area contributed by atoms with E-state index in [1.807, 2.05) is 0 Å². The van der Waals surface area contributed by atoms with Crippen molar-refractivity contribution < 1.29 is 36.2 Å². The lowest BCUT2D eigenvalue weighted by molar-refractivity contribution is -0.142. The second-order valence-corrected chi connectivity index (χ2v) is 9.69. The highest BCUT2D eigenvalue weighted by Crippen LogP contribution is 2.36. The number of H-pyrrole nitrogens is 1. The third-order valence-corrected chi connectivity index (χ3v) is 6.26. The minimum atomic E-state index is -5.17. The number of hydrogen-bond donors (Lipinski definition) is 2. The number of carbonyl (C=O) groups excluding carboxylic acids is 1. The Morgan fingerprint density at radius 3 is 2.38 bits per heavy atom. The van der Waals surface area contributed by atoms with E-state index in [-0.39, 0.29) is 28.6 Å². The number of rotatable bonds is 8. The molecule has 3 aromatic rings. The summed E-state index contributed by atoms with van der Waals surface area (Å²) in [5.74, 6) is -8.00. The fourth-order valence-corrected chi connectivity index (χ4v) is 4.30. The second kappa shape index (κ2) is 11.7. The largest absolute Gasteiger partial charge is 0.497 e. The zero-order valence-electron chi connectivity index (χ0n) is 21.9. The molecule has 0 spiro atoms. The Morgan fingerprint density at radius 1 is 1.10 bits per heavy atom. The van der Waals surface area contributed by atoms with Crippen LogP contribution in [-0.4, -0.2) is 33.9 Å². The number of ether oxygens (including phenoxy) is 2. The molecule has 2 aromatic carbocycles. The molecule has 4 rings (SSSR count). The zero-order chi connectivity index (χ0) is 30.8. The summed E-state index contributed by atoms with van der Waals surface area (Å²) < 4.78 is 80.9. The Bertz CT molecular complexity index is 1630. The van der Waals surface area contributed by atoms with E-state index in [1.54, 1.807) is 30.3 Å². The van der Waals surface area contributed by atoms with Crippen molar-refractivity contribution in [3.05, 3.63) is 92.3 Å². The third-order valence-electron chi connectivity index (χ3n) is 6.04. The summed E-state index contributed by atoms with van der Waals surface area (Å²) in [5, 5.41) is 10.3. The molecule has 1 atom stereocenters. The highest BCUT2D eigenvalue weighted by molar-refractivity contribution is 6.30.